The fraction of sp³-hybridized carbons (Fsp3) is 0.238. The maximum Gasteiger partial charge on any atom is 0.257 e. The number of aryl methyl sites for hydroxylation is 4. The zero-order valence-electron chi connectivity index (χ0n) is 16.6. The van der Waals surface area contributed by atoms with Gasteiger partial charge in [-0.2, -0.15) is 19.5 Å². The summed E-state index contributed by atoms with van der Waals surface area (Å²) in [7, 11) is 1.64. The summed E-state index contributed by atoms with van der Waals surface area (Å²) in [4.78, 5) is 13.9. The van der Waals surface area contributed by atoms with Crippen molar-refractivity contribution in [1.29, 1.82) is 0 Å². The van der Waals surface area contributed by atoms with Gasteiger partial charge in [0.2, 0.25) is 5.95 Å². The predicted octanol–water partition coefficient (Wildman–Crippen LogP) is 4.17. The Kier molecular flexibility index (Phi) is 4.43. The van der Waals surface area contributed by atoms with Crippen LogP contribution in [0.5, 0.6) is 5.75 Å². The van der Waals surface area contributed by atoms with Gasteiger partial charge in [-0.25, -0.2) is 0 Å². The molecule has 0 fully saturated rings. The van der Waals surface area contributed by atoms with Crippen molar-refractivity contribution in [3.05, 3.63) is 58.9 Å². The molecule has 0 atom stereocenters. The number of hydrogen-bond acceptors (Lipinski definition) is 6. The van der Waals surface area contributed by atoms with E-state index in [2.05, 4.69) is 53.3 Å². The topological polar surface area (TPSA) is 77.2 Å². The molecule has 0 aliphatic carbocycles. The molecular formula is C21H22N6O. The van der Waals surface area contributed by atoms with Crippen LogP contribution < -0.4 is 10.1 Å². The third-order valence-electron chi connectivity index (χ3n) is 4.57. The maximum absolute atomic E-state index is 5.45. The van der Waals surface area contributed by atoms with Gasteiger partial charge in [-0.1, -0.05) is 29.8 Å². The fourth-order valence-electron chi connectivity index (χ4n) is 3.48. The molecule has 0 amide bonds. The number of hydrogen-bond donors (Lipinski definition) is 1. The number of benzene rings is 2. The van der Waals surface area contributed by atoms with Gasteiger partial charge in [0.05, 0.1) is 12.8 Å². The molecule has 0 bridgehead atoms. The molecule has 2 aromatic carbocycles. The van der Waals surface area contributed by atoms with Crippen LogP contribution in [0.3, 0.4) is 0 Å². The van der Waals surface area contributed by atoms with E-state index in [0.717, 1.165) is 28.1 Å². The summed E-state index contributed by atoms with van der Waals surface area (Å²) >= 11 is 0. The second-order valence-electron chi connectivity index (χ2n) is 6.84. The quantitative estimate of drug-likeness (QED) is 0.578. The van der Waals surface area contributed by atoms with Gasteiger partial charge in [0.1, 0.15) is 11.6 Å². The Morgan fingerprint density at radius 3 is 2.36 bits per heavy atom. The van der Waals surface area contributed by atoms with E-state index in [-0.39, 0.29) is 0 Å². The van der Waals surface area contributed by atoms with Crippen molar-refractivity contribution < 1.29 is 4.74 Å². The molecular weight excluding hydrogens is 352 g/mol. The Morgan fingerprint density at radius 2 is 1.64 bits per heavy atom. The van der Waals surface area contributed by atoms with Crippen LogP contribution in [-0.4, -0.2) is 31.7 Å². The molecule has 2 aromatic heterocycles. The Morgan fingerprint density at radius 1 is 0.929 bits per heavy atom. The number of anilines is 2. The van der Waals surface area contributed by atoms with Crippen LogP contribution in [0.15, 0.2) is 36.4 Å². The van der Waals surface area contributed by atoms with Gasteiger partial charge in [-0.05, 0) is 51.0 Å². The summed E-state index contributed by atoms with van der Waals surface area (Å²) in [5.74, 6) is 3.00. The number of methoxy groups -OCH3 is 1. The first-order chi connectivity index (χ1) is 13.5. The minimum absolute atomic E-state index is 0.499. The van der Waals surface area contributed by atoms with E-state index in [4.69, 9.17) is 9.72 Å². The molecule has 0 aliphatic rings. The van der Waals surface area contributed by atoms with Gasteiger partial charge in [0.15, 0.2) is 5.82 Å². The van der Waals surface area contributed by atoms with Crippen LogP contribution in [0.2, 0.25) is 0 Å². The van der Waals surface area contributed by atoms with Crippen LogP contribution in [0.25, 0.3) is 17.2 Å². The summed E-state index contributed by atoms with van der Waals surface area (Å²) in [5, 5.41) is 7.76. The molecule has 0 unspecified atom stereocenters. The summed E-state index contributed by atoms with van der Waals surface area (Å²) in [6.45, 7) is 8.07. The van der Waals surface area contributed by atoms with Gasteiger partial charge in [0.25, 0.3) is 5.78 Å². The van der Waals surface area contributed by atoms with E-state index >= 15 is 0 Å². The lowest BCUT2D eigenvalue weighted by Crippen LogP contribution is -2.08. The average molecular weight is 374 g/mol. The molecule has 4 rings (SSSR count). The van der Waals surface area contributed by atoms with Crippen molar-refractivity contribution >= 4 is 17.4 Å². The van der Waals surface area contributed by atoms with E-state index in [0.29, 0.717) is 23.4 Å². The van der Waals surface area contributed by atoms with Crippen LogP contribution in [0.1, 0.15) is 22.5 Å². The summed E-state index contributed by atoms with van der Waals surface area (Å²) in [6, 6.07) is 12.0. The first-order valence-corrected chi connectivity index (χ1v) is 9.06. The highest BCUT2D eigenvalue weighted by molar-refractivity contribution is 5.69. The molecule has 0 spiro atoms. The van der Waals surface area contributed by atoms with E-state index in [9.17, 15) is 0 Å². The molecule has 4 aromatic rings. The Hall–Kier alpha value is -3.48. The molecule has 142 valence electrons. The smallest absolute Gasteiger partial charge is 0.257 e. The Labute approximate surface area is 163 Å². The summed E-state index contributed by atoms with van der Waals surface area (Å²) in [6.07, 6.45) is 0. The third-order valence-corrected chi connectivity index (χ3v) is 4.57. The number of rotatable bonds is 4. The largest absolute Gasteiger partial charge is 0.495 e. The second kappa shape index (κ2) is 6.92. The van der Waals surface area contributed by atoms with Crippen molar-refractivity contribution in [2.45, 2.75) is 27.7 Å². The highest BCUT2D eigenvalue weighted by atomic mass is 16.5. The zero-order valence-corrected chi connectivity index (χ0v) is 16.6. The Balaban J connectivity index is 1.92. The molecule has 0 aliphatic heterocycles. The highest BCUT2D eigenvalue weighted by Gasteiger charge is 2.17. The van der Waals surface area contributed by atoms with Crippen molar-refractivity contribution in [3.63, 3.8) is 0 Å². The van der Waals surface area contributed by atoms with Gasteiger partial charge in [-0.15, -0.1) is 5.10 Å². The minimum Gasteiger partial charge on any atom is -0.495 e. The molecule has 2 heterocycles. The van der Waals surface area contributed by atoms with Crippen LogP contribution in [-0.2, 0) is 0 Å². The first-order valence-electron chi connectivity index (χ1n) is 9.06. The minimum atomic E-state index is 0.499. The lowest BCUT2D eigenvalue weighted by molar-refractivity contribution is 0.416. The molecule has 7 heteroatoms. The number of para-hydroxylation sites is 2. The third kappa shape index (κ3) is 3.15. The van der Waals surface area contributed by atoms with Crippen LogP contribution in [0.4, 0.5) is 11.6 Å². The zero-order chi connectivity index (χ0) is 19.8. The van der Waals surface area contributed by atoms with E-state index in [1.165, 1.54) is 5.56 Å². The summed E-state index contributed by atoms with van der Waals surface area (Å²) in [5.41, 5.74) is 5.27. The monoisotopic (exact) mass is 374 g/mol. The highest BCUT2D eigenvalue weighted by Crippen LogP contribution is 2.30. The lowest BCUT2D eigenvalue weighted by Gasteiger charge is -2.14. The van der Waals surface area contributed by atoms with Crippen molar-refractivity contribution in [2.75, 3.05) is 12.4 Å². The molecule has 7 nitrogen and oxygen atoms in total. The first kappa shape index (κ1) is 17.9. The number of ether oxygens (including phenoxy) is 1. The lowest BCUT2D eigenvalue weighted by atomic mass is 9.99. The molecule has 1 N–H and O–H groups in total. The van der Waals surface area contributed by atoms with E-state index in [1.54, 1.807) is 11.6 Å². The van der Waals surface area contributed by atoms with Gasteiger partial charge < -0.3 is 10.1 Å². The molecule has 0 saturated carbocycles. The molecule has 28 heavy (non-hydrogen) atoms. The number of fused-ring (bicyclic) bond motifs is 1. The van der Waals surface area contributed by atoms with Crippen LogP contribution in [0, 0.1) is 27.7 Å². The van der Waals surface area contributed by atoms with E-state index in [1.807, 2.05) is 31.2 Å². The Bertz CT molecular complexity index is 1160. The SMILES string of the molecule is COc1ccccc1Nc1nc(-c2c(C)cc(C)cc2C)nc2nc(C)nn12. The molecule has 0 saturated heterocycles. The predicted molar refractivity (Wildman–Crippen MR) is 109 cm³/mol. The standard InChI is InChI=1S/C21H22N6O/c1-12-10-13(2)18(14(3)11-12)19-24-20-22-15(4)26-27(20)21(25-19)23-16-8-6-7-9-17(16)28-5/h6-11H,1-5H3,(H,22,23,24,25,26). The van der Waals surface area contributed by atoms with Crippen molar-refractivity contribution in [2.24, 2.45) is 0 Å². The van der Waals surface area contributed by atoms with Crippen LogP contribution >= 0.6 is 0 Å². The number of nitrogens with one attached hydrogen (secondary N) is 1. The van der Waals surface area contributed by atoms with Gasteiger partial charge in [0, 0.05) is 5.56 Å². The molecule has 0 radical (unpaired) electrons. The van der Waals surface area contributed by atoms with Crippen molar-refractivity contribution in [3.8, 4) is 17.1 Å². The van der Waals surface area contributed by atoms with Crippen molar-refractivity contribution in [1.82, 2.24) is 24.6 Å². The maximum atomic E-state index is 5.45. The normalized spacial score (nSPS) is 11.0. The fourth-order valence-corrected chi connectivity index (χ4v) is 3.48. The number of aromatic nitrogens is 5. The number of nitrogens with zero attached hydrogens (tertiary/aromatic N) is 5. The average Bonchev–Trinajstić information content (AvgIpc) is 3.02. The second-order valence-corrected chi connectivity index (χ2v) is 6.84. The van der Waals surface area contributed by atoms with Gasteiger partial charge in [-0.3, -0.25) is 0 Å². The van der Waals surface area contributed by atoms with Gasteiger partial charge >= 0.3 is 0 Å². The summed E-state index contributed by atoms with van der Waals surface area (Å²) < 4.78 is 7.07. The van der Waals surface area contributed by atoms with E-state index < -0.39 is 0 Å².